The molecule has 0 aliphatic heterocycles. The smallest absolute Gasteiger partial charge is 0.264 e. The van der Waals surface area contributed by atoms with Crippen LogP contribution in [0.4, 0.5) is 0 Å². The van der Waals surface area contributed by atoms with Crippen LogP contribution in [0.1, 0.15) is 10.4 Å². The Bertz CT molecular complexity index is 743. The lowest BCUT2D eigenvalue weighted by Gasteiger charge is -2.06. The lowest BCUT2D eigenvalue weighted by atomic mass is 10.2. The van der Waals surface area contributed by atoms with Crippen LogP contribution in [0.5, 0.6) is 11.6 Å². The molecule has 0 atom stereocenters. The Kier molecular flexibility index (Phi) is 4.44. The first-order valence-electron chi connectivity index (χ1n) is 5.75. The number of rotatable bonds is 4. The van der Waals surface area contributed by atoms with Crippen LogP contribution >= 0.6 is 11.6 Å². The summed E-state index contributed by atoms with van der Waals surface area (Å²) in [5.74, 6) is 0.113. The van der Waals surface area contributed by atoms with Gasteiger partial charge in [0.05, 0.1) is 11.3 Å². The minimum Gasteiger partial charge on any atom is -0.439 e. The van der Waals surface area contributed by atoms with Crippen LogP contribution in [0, 0.1) is 0 Å². The number of pyridine rings is 1. The summed E-state index contributed by atoms with van der Waals surface area (Å²) in [6.07, 6.45) is 2.36. The predicted octanol–water partition coefficient (Wildman–Crippen LogP) is 2.22. The van der Waals surface area contributed by atoms with Gasteiger partial charge in [-0.25, -0.2) is 18.1 Å². The molecule has 0 aliphatic rings. The van der Waals surface area contributed by atoms with Gasteiger partial charge in [0, 0.05) is 17.8 Å². The maximum Gasteiger partial charge on any atom is 0.264 e. The predicted molar refractivity (Wildman–Crippen MR) is 78.1 cm³/mol. The average molecular weight is 327 g/mol. The standard InChI is InChI=1S/C13H11ClN2O4S/c1-21(18,19)16-13(17)9-2-5-11(6-3-9)20-12-7-4-10(14)8-15-12/h2-8H,1H3,(H,16,17). The Hall–Kier alpha value is -2.12. The van der Waals surface area contributed by atoms with Gasteiger partial charge in [0.25, 0.3) is 5.91 Å². The fourth-order valence-corrected chi connectivity index (χ4v) is 2.01. The fraction of sp³-hybridized carbons (Fsp3) is 0.0769. The first-order chi connectivity index (χ1) is 9.83. The highest BCUT2D eigenvalue weighted by atomic mass is 35.5. The van der Waals surface area contributed by atoms with Crippen molar-refractivity contribution in [1.29, 1.82) is 0 Å². The van der Waals surface area contributed by atoms with Crippen molar-refractivity contribution < 1.29 is 17.9 Å². The molecule has 110 valence electrons. The quantitative estimate of drug-likeness (QED) is 0.931. The van der Waals surface area contributed by atoms with Gasteiger partial charge in [0.1, 0.15) is 5.75 Å². The van der Waals surface area contributed by atoms with E-state index >= 15 is 0 Å². The fourth-order valence-electron chi connectivity index (χ4n) is 1.45. The number of sulfonamides is 1. The topological polar surface area (TPSA) is 85.4 Å². The lowest BCUT2D eigenvalue weighted by Crippen LogP contribution is -2.29. The van der Waals surface area contributed by atoms with Crippen LogP contribution in [0.15, 0.2) is 42.6 Å². The van der Waals surface area contributed by atoms with E-state index in [-0.39, 0.29) is 5.56 Å². The molecule has 1 aromatic heterocycles. The zero-order chi connectivity index (χ0) is 15.5. The van der Waals surface area contributed by atoms with Crippen molar-refractivity contribution in [2.75, 3.05) is 6.26 Å². The van der Waals surface area contributed by atoms with Crippen molar-refractivity contribution in [2.45, 2.75) is 0 Å². The Morgan fingerprint density at radius 3 is 2.38 bits per heavy atom. The number of nitrogens with zero attached hydrogens (tertiary/aromatic N) is 1. The number of carbonyl (C=O) groups excluding carboxylic acids is 1. The number of benzene rings is 1. The number of nitrogens with one attached hydrogen (secondary N) is 1. The Morgan fingerprint density at radius 2 is 1.86 bits per heavy atom. The Balaban J connectivity index is 2.08. The molecule has 1 aromatic carbocycles. The van der Waals surface area contributed by atoms with E-state index in [9.17, 15) is 13.2 Å². The van der Waals surface area contributed by atoms with Crippen molar-refractivity contribution >= 4 is 27.5 Å². The third-order valence-electron chi connectivity index (χ3n) is 2.32. The molecule has 1 N–H and O–H groups in total. The molecule has 0 saturated heterocycles. The molecule has 0 radical (unpaired) electrons. The molecular formula is C13H11ClN2O4S. The largest absolute Gasteiger partial charge is 0.439 e. The molecule has 0 aliphatic carbocycles. The van der Waals surface area contributed by atoms with Crippen LogP contribution in [0.2, 0.25) is 5.02 Å². The number of amides is 1. The van der Waals surface area contributed by atoms with E-state index < -0.39 is 15.9 Å². The highest BCUT2D eigenvalue weighted by Gasteiger charge is 2.11. The van der Waals surface area contributed by atoms with E-state index in [1.54, 1.807) is 12.1 Å². The molecule has 0 fully saturated rings. The molecule has 2 aromatic rings. The molecule has 0 saturated carbocycles. The normalized spacial score (nSPS) is 11.0. The highest BCUT2D eigenvalue weighted by Crippen LogP contribution is 2.20. The van der Waals surface area contributed by atoms with Gasteiger partial charge in [-0.05, 0) is 30.3 Å². The van der Waals surface area contributed by atoms with E-state index in [0.29, 0.717) is 16.7 Å². The first-order valence-corrected chi connectivity index (χ1v) is 8.02. The zero-order valence-corrected chi connectivity index (χ0v) is 12.5. The highest BCUT2D eigenvalue weighted by molar-refractivity contribution is 7.89. The van der Waals surface area contributed by atoms with Crippen LogP contribution in [-0.2, 0) is 10.0 Å². The minimum absolute atomic E-state index is 0.205. The number of hydrogen-bond acceptors (Lipinski definition) is 5. The second-order valence-electron chi connectivity index (χ2n) is 4.14. The molecule has 1 amide bonds. The number of ether oxygens (including phenoxy) is 1. The minimum atomic E-state index is -3.59. The van der Waals surface area contributed by atoms with Gasteiger partial charge in [-0.2, -0.15) is 0 Å². The van der Waals surface area contributed by atoms with Gasteiger partial charge in [0.2, 0.25) is 15.9 Å². The summed E-state index contributed by atoms with van der Waals surface area (Å²) in [6.45, 7) is 0. The summed E-state index contributed by atoms with van der Waals surface area (Å²) in [7, 11) is -3.59. The second kappa shape index (κ2) is 6.11. The number of hydrogen-bond donors (Lipinski definition) is 1. The van der Waals surface area contributed by atoms with E-state index in [4.69, 9.17) is 16.3 Å². The van der Waals surface area contributed by atoms with Gasteiger partial charge in [-0.3, -0.25) is 4.79 Å². The molecule has 0 spiro atoms. The third-order valence-corrected chi connectivity index (χ3v) is 3.10. The molecule has 8 heteroatoms. The molecule has 0 bridgehead atoms. The van der Waals surface area contributed by atoms with E-state index in [1.807, 2.05) is 4.72 Å². The summed E-state index contributed by atoms with van der Waals surface area (Å²) in [5, 5.41) is 0.496. The molecule has 1 heterocycles. The van der Waals surface area contributed by atoms with Crippen molar-refractivity contribution in [3.8, 4) is 11.6 Å². The van der Waals surface area contributed by atoms with Gasteiger partial charge >= 0.3 is 0 Å². The van der Waals surface area contributed by atoms with Crippen molar-refractivity contribution in [2.24, 2.45) is 0 Å². The van der Waals surface area contributed by atoms with E-state index in [0.717, 1.165) is 6.26 Å². The molecule has 6 nitrogen and oxygen atoms in total. The van der Waals surface area contributed by atoms with Crippen LogP contribution in [0.3, 0.4) is 0 Å². The van der Waals surface area contributed by atoms with Crippen LogP contribution in [0.25, 0.3) is 0 Å². The summed E-state index contributed by atoms with van der Waals surface area (Å²) in [4.78, 5) is 15.6. The monoisotopic (exact) mass is 326 g/mol. The van der Waals surface area contributed by atoms with Gasteiger partial charge in [0.15, 0.2) is 0 Å². The van der Waals surface area contributed by atoms with Gasteiger partial charge in [-0.15, -0.1) is 0 Å². The summed E-state index contributed by atoms with van der Waals surface area (Å²) < 4.78 is 29.3. The summed E-state index contributed by atoms with van der Waals surface area (Å²) in [6, 6.07) is 9.21. The molecule has 21 heavy (non-hydrogen) atoms. The van der Waals surface area contributed by atoms with E-state index in [2.05, 4.69) is 4.98 Å². The summed E-state index contributed by atoms with van der Waals surface area (Å²) in [5.41, 5.74) is 0.205. The maximum absolute atomic E-state index is 11.6. The number of aromatic nitrogens is 1. The number of carbonyl (C=O) groups is 1. The summed E-state index contributed by atoms with van der Waals surface area (Å²) >= 11 is 5.71. The molecule has 0 unspecified atom stereocenters. The number of halogens is 1. The Labute approximate surface area is 126 Å². The van der Waals surface area contributed by atoms with Crippen molar-refractivity contribution in [3.05, 3.63) is 53.2 Å². The maximum atomic E-state index is 11.6. The van der Waals surface area contributed by atoms with Gasteiger partial charge < -0.3 is 4.74 Å². The van der Waals surface area contributed by atoms with Crippen molar-refractivity contribution in [3.63, 3.8) is 0 Å². The Morgan fingerprint density at radius 1 is 1.19 bits per heavy atom. The van der Waals surface area contributed by atoms with Crippen molar-refractivity contribution in [1.82, 2.24) is 9.71 Å². The zero-order valence-electron chi connectivity index (χ0n) is 10.9. The SMILES string of the molecule is CS(=O)(=O)NC(=O)c1ccc(Oc2ccc(Cl)cn2)cc1. The third kappa shape index (κ3) is 4.73. The molecular weight excluding hydrogens is 316 g/mol. The average Bonchev–Trinajstić information content (AvgIpc) is 2.40. The lowest BCUT2D eigenvalue weighted by molar-refractivity contribution is 0.0981. The first kappa shape index (κ1) is 15.3. The van der Waals surface area contributed by atoms with Crippen LogP contribution in [-0.4, -0.2) is 25.6 Å². The molecule has 2 rings (SSSR count). The van der Waals surface area contributed by atoms with E-state index in [1.165, 1.54) is 30.5 Å². The van der Waals surface area contributed by atoms with Crippen LogP contribution < -0.4 is 9.46 Å². The van der Waals surface area contributed by atoms with Gasteiger partial charge in [-0.1, -0.05) is 11.6 Å². The second-order valence-corrected chi connectivity index (χ2v) is 6.33.